The Morgan fingerprint density at radius 3 is 2.73 bits per heavy atom. The van der Waals surface area contributed by atoms with Gasteiger partial charge >= 0.3 is 10.2 Å². The molecular formula is C5H8N2O3S. The molecule has 1 heterocycles. The maximum atomic E-state index is 10.9. The van der Waals surface area contributed by atoms with E-state index in [1.807, 2.05) is 4.72 Å². The molecule has 0 unspecified atom stereocenters. The predicted octanol–water partition coefficient (Wildman–Crippen LogP) is -1.15. The highest BCUT2D eigenvalue weighted by atomic mass is 32.2. The van der Waals surface area contributed by atoms with Gasteiger partial charge in [-0.15, -0.1) is 6.58 Å². The van der Waals surface area contributed by atoms with Crippen molar-refractivity contribution in [2.75, 3.05) is 13.1 Å². The van der Waals surface area contributed by atoms with Crippen molar-refractivity contribution in [2.24, 2.45) is 0 Å². The Morgan fingerprint density at radius 2 is 2.36 bits per heavy atom. The van der Waals surface area contributed by atoms with E-state index in [-0.39, 0.29) is 13.1 Å². The second kappa shape index (κ2) is 2.63. The van der Waals surface area contributed by atoms with Gasteiger partial charge < -0.3 is 0 Å². The van der Waals surface area contributed by atoms with Gasteiger partial charge in [0.2, 0.25) is 5.91 Å². The first-order valence-corrected chi connectivity index (χ1v) is 4.42. The molecule has 0 radical (unpaired) electrons. The Bertz CT molecular complexity index is 282. The number of rotatable bonds is 2. The average molecular weight is 176 g/mol. The van der Waals surface area contributed by atoms with Crippen molar-refractivity contribution in [1.29, 1.82) is 0 Å². The standard InChI is InChI=1S/C5H8N2O3S/c1-2-3-7-4-5(8)6-11(7,9)10/h2H,1,3-4H2,(H,6,8). The van der Waals surface area contributed by atoms with Crippen molar-refractivity contribution in [3.8, 4) is 0 Å². The first-order chi connectivity index (χ1) is 5.06. The lowest BCUT2D eigenvalue weighted by Gasteiger charge is -2.07. The summed E-state index contributed by atoms with van der Waals surface area (Å²) >= 11 is 0. The van der Waals surface area contributed by atoms with Gasteiger partial charge in [-0.25, -0.2) is 4.72 Å². The summed E-state index contributed by atoms with van der Waals surface area (Å²) < 4.78 is 24.7. The molecule has 1 saturated heterocycles. The lowest BCUT2D eigenvalue weighted by Crippen LogP contribution is -2.29. The highest BCUT2D eigenvalue weighted by Crippen LogP contribution is 2.03. The second-order valence-electron chi connectivity index (χ2n) is 2.11. The average Bonchev–Trinajstić information content (AvgIpc) is 2.07. The maximum absolute atomic E-state index is 10.9. The molecule has 0 aromatic rings. The van der Waals surface area contributed by atoms with Crippen LogP contribution < -0.4 is 4.72 Å². The lowest BCUT2D eigenvalue weighted by molar-refractivity contribution is -0.118. The van der Waals surface area contributed by atoms with Crippen molar-refractivity contribution in [2.45, 2.75) is 0 Å². The van der Waals surface area contributed by atoms with Crippen molar-refractivity contribution in [1.82, 2.24) is 9.03 Å². The number of carbonyl (C=O) groups excluding carboxylic acids is 1. The lowest BCUT2D eigenvalue weighted by atomic mass is 10.5. The van der Waals surface area contributed by atoms with Crippen molar-refractivity contribution >= 4 is 16.1 Å². The fourth-order valence-corrected chi connectivity index (χ4v) is 1.86. The minimum atomic E-state index is -3.54. The van der Waals surface area contributed by atoms with Gasteiger partial charge in [0.1, 0.15) is 0 Å². The fourth-order valence-electron chi connectivity index (χ4n) is 0.792. The van der Waals surface area contributed by atoms with E-state index < -0.39 is 16.1 Å². The molecule has 0 aromatic carbocycles. The van der Waals surface area contributed by atoms with Crippen LogP contribution in [-0.2, 0) is 15.0 Å². The van der Waals surface area contributed by atoms with E-state index in [1.54, 1.807) is 0 Å². The van der Waals surface area contributed by atoms with Gasteiger partial charge in [-0.3, -0.25) is 4.79 Å². The summed E-state index contributed by atoms with van der Waals surface area (Å²) in [5.41, 5.74) is 0. The van der Waals surface area contributed by atoms with Crippen LogP contribution in [0.3, 0.4) is 0 Å². The van der Waals surface area contributed by atoms with Crippen LogP contribution in [0.25, 0.3) is 0 Å². The third-order valence-corrected chi connectivity index (χ3v) is 2.68. The summed E-state index contributed by atoms with van der Waals surface area (Å²) in [4.78, 5) is 10.6. The van der Waals surface area contributed by atoms with E-state index in [4.69, 9.17) is 0 Å². The predicted molar refractivity (Wildman–Crippen MR) is 38.8 cm³/mol. The molecule has 1 fully saturated rings. The van der Waals surface area contributed by atoms with Crippen LogP contribution in [-0.4, -0.2) is 31.7 Å². The van der Waals surface area contributed by atoms with Crippen LogP contribution >= 0.6 is 0 Å². The van der Waals surface area contributed by atoms with E-state index in [9.17, 15) is 13.2 Å². The molecule has 1 amide bonds. The van der Waals surface area contributed by atoms with Crippen molar-refractivity contribution < 1.29 is 13.2 Å². The number of nitrogens with one attached hydrogen (secondary N) is 1. The van der Waals surface area contributed by atoms with Gasteiger partial charge in [0, 0.05) is 6.54 Å². The third-order valence-electron chi connectivity index (χ3n) is 1.24. The van der Waals surface area contributed by atoms with E-state index >= 15 is 0 Å². The second-order valence-corrected chi connectivity index (χ2v) is 3.78. The summed E-state index contributed by atoms with van der Waals surface area (Å²) in [6.45, 7) is 3.43. The quantitative estimate of drug-likeness (QED) is 0.540. The van der Waals surface area contributed by atoms with Gasteiger partial charge in [-0.05, 0) is 0 Å². The van der Waals surface area contributed by atoms with E-state index in [2.05, 4.69) is 6.58 Å². The topological polar surface area (TPSA) is 66.5 Å². The van der Waals surface area contributed by atoms with Crippen LogP contribution in [0.15, 0.2) is 12.7 Å². The van der Waals surface area contributed by atoms with Crippen molar-refractivity contribution in [3.63, 3.8) is 0 Å². The Morgan fingerprint density at radius 1 is 1.73 bits per heavy atom. The Balaban J connectivity index is 2.82. The Labute approximate surface area is 64.9 Å². The number of amides is 1. The Hall–Kier alpha value is -0.880. The van der Waals surface area contributed by atoms with Gasteiger partial charge in [0.15, 0.2) is 0 Å². The number of carbonyl (C=O) groups is 1. The molecule has 0 atom stereocenters. The first-order valence-electron chi connectivity index (χ1n) is 2.98. The summed E-state index contributed by atoms with van der Waals surface area (Å²) in [6, 6.07) is 0. The van der Waals surface area contributed by atoms with Gasteiger partial charge in [-0.1, -0.05) is 6.08 Å². The van der Waals surface area contributed by atoms with Crippen LogP contribution in [0, 0.1) is 0 Å². The highest BCUT2D eigenvalue weighted by molar-refractivity contribution is 7.88. The Kier molecular flexibility index (Phi) is 1.97. The minimum Gasteiger partial charge on any atom is -0.272 e. The number of hydrogen-bond acceptors (Lipinski definition) is 3. The van der Waals surface area contributed by atoms with Crippen molar-refractivity contribution in [3.05, 3.63) is 12.7 Å². The molecule has 0 bridgehead atoms. The van der Waals surface area contributed by atoms with Crippen LogP contribution in [0.4, 0.5) is 0 Å². The van der Waals surface area contributed by atoms with Crippen LogP contribution in [0.5, 0.6) is 0 Å². The van der Waals surface area contributed by atoms with E-state index in [1.165, 1.54) is 6.08 Å². The van der Waals surface area contributed by atoms with Gasteiger partial charge in [-0.2, -0.15) is 12.7 Å². The fraction of sp³-hybridized carbons (Fsp3) is 0.400. The molecular weight excluding hydrogens is 168 g/mol. The molecule has 5 nitrogen and oxygen atoms in total. The highest BCUT2D eigenvalue weighted by Gasteiger charge is 2.32. The smallest absolute Gasteiger partial charge is 0.272 e. The number of hydrogen-bond donors (Lipinski definition) is 1. The molecule has 0 aromatic heterocycles. The van der Waals surface area contributed by atoms with Crippen LogP contribution in [0.1, 0.15) is 0 Å². The normalized spacial score (nSPS) is 23.1. The molecule has 1 rings (SSSR count). The molecule has 62 valence electrons. The largest absolute Gasteiger partial charge is 0.304 e. The molecule has 0 spiro atoms. The first kappa shape index (κ1) is 8.22. The van der Waals surface area contributed by atoms with E-state index in [0.717, 1.165) is 4.31 Å². The molecule has 0 aliphatic carbocycles. The molecule has 1 N–H and O–H groups in total. The van der Waals surface area contributed by atoms with E-state index in [0.29, 0.717) is 0 Å². The summed E-state index contributed by atoms with van der Waals surface area (Å²) in [7, 11) is -3.54. The molecule has 0 saturated carbocycles. The summed E-state index contributed by atoms with van der Waals surface area (Å²) in [6.07, 6.45) is 1.43. The zero-order valence-corrected chi connectivity index (χ0v) is 6.60. The molecule has 1 aliphatic heterocycles. The number of nitrogens with zero attached hydrogens (tertiary/aromatic N) is 1. The zero-order valence-electron chi connectivity index (χ0n) is 5.78. The van der Waals surface area contributed by atoms with Gasteiger partial charge in [0.25, 0.3) is 0 Å². The molecule has 11 heavy (non-hydrogen) atoms. The minimum absolute atomic E-state index is 0.103. The monoisotopic (exact) mass is 176 g/mol. The summed E-state index contributed by atoms with van der Waals surface area (Å²) in [5, 5.41) is 0. The zero-order chi connectivity index (χ0) is 8.48. The molecule has 1 aliphatic rings. The maximum Gasteiger partial charge on any atom is 0.304 e. The van der Waals surface area contributed by atoms with Gasteiger partial charge in [0.05, 0.1) is 6.54 Å². The molecule has 6 heteroatoms. The third kappa shape index (κ3) is 1.58. The summed E-state index contributed by atoms with van der Waals surface area (Å²) in [5.74, 6) is -0.494. The SMILES string of the molecule is C=CCN1CC(=O)NS1(=O)=O. The van der Waals surface area contributed by atoms with Crippen LogP contribution in [0.2, 0.25) is 0 Å².